The smallest absolute Gasteiger partial charge is 0.326 e. The van der Waals surface area contributed by atoms with Crippen LogP contribution in [-0.4, -0.2) is 52.7 Å². The van der Waals surface area contributed by atoms with Crippen LogP contribution in [0.25, 0.3) is 0 Å². The summed E-state index contributed by atoms with van der Waals surface area (Å²) in [7, 11) is 0. The molecule has 8 N–H and O–H groups in total. The lowest BCUT2D eigenvalue weighted by Gasteiger charge is -2.23. The Balaban J connectivity index is 2.04. The molecule has 33 heavy (non-hydrogen) atoms. The van der Waals surface area contributed by atoms with Crippen LogP contribution in [0.4, 0.5) is 0 Å². The van der Waals surface area contributed by atoms with Crippen LogP contribution in [0.3, 0.4) is 0 Å². The molecule has 2 aromatic rings. The zero-order chi connectivity index (χ0) is 24.2. The van der Waals surface area contributed by atoms with Crippen molar-refractivity contribution in [1.29, 1.82) is 0 Å². The second kappa shape index (κ2) is 13.2. The number of carboxylic acids is 1. The van der Waals surface area contributed by atoms with Crippen molar-refractivity contribution in [2.75, 3.05) is 6.54 Å². The van der Waals surface area contributed by atoms with Gasteiger partial charge < -0.3 is 32.3 Å². The third-order valence-corrected chi connectivity index (χ3v) is 5.21. The van der Waals surface area contributed by atoms with Gasteiger partial charge in [-0.05, 0) is 55.5 Å². The van der Waals surface area contributed by atoms with E-state index in [-0.39, 0.29) is 18.6 Å². The van der Waals surface area contributed by atoms with E-state index in [4.69, 9.17) is 11.5 Å². The predicted molar refractivity (Wildman–Crippen MR) is 124 cm³/mol. The lowest BCUT2D eigenvalue weighted by atomic mass is 10.0. The maximum Gasteiger partial charge on any atom is 0.326 e. The fourth-order valence-electron chi connectivity index (χ4n) is 3.34. The van der Waals surface area contributed by atoms with Crippen molar-refractivity contribution < 1.29 is 24.6 Å². The monoisotopic (exact) mass is 456 g/mol. The number of nitrogens with two attached hydrogens (primary N) is 2. The first-order valence-electron chi connectivity index (χ1n) is 10.9. The van der Waals surface area contributed by atoms with Gasteiger partial charge in [-0.1, -0.05) is 42.5 Å². The molecule has 0 aliphatic heterocycles. The van der Waals surface area contributed by atoms with Gasteiger partial charge >= 0.3 is 5.97 Å². The molecule has 0 bridgehead atoms. The highest BCUT2D eigenvalue weighted by molar-refractivity contribution is 5.91. The Labute approximate surface area is 193 Å². The van der Waals surface area contributed by atoms with Crippen LogP contribution in [0, 0.1) is 0 Å². The third kappa shape index (κ3) is 8.91. The van der Waals surface area contributed by atoms with Crippen molar-refractivity contribution in [3.63, 3.8) is 0 Å². The van der Waals surface area contributed by atoms with E-state index in [1.54, 1.807) is 36.4 Å². The number of hydrogen-bond acceptors (Lipinski definition) is 6. The van der Waals surface area contributed by atoms with Gasteiger partial charge in [-0.25, -0.2) is 4.79 Å². The summed E-state index contributed by atoms with van der Waals surface area (Å²) in [5, 5.41) is 24.2. The minimum absolute atomic E-state index is 0.108. The number of hydrogen-bond donors (Lipinski definition) is 6. The lowest BCUT2D eigenvalue weighted by molar-refractivity contribution is -0.142. The van der Waals surface area contributed by atoms with Crippen LogP contribution in [0.5, 0.6) is 5.75 Å². The number of nitrogens with one attached hydrogen (secondary N) is 2. The Hall–Kier alpha value is -3.43. The van der Waals surface area contributed by atoms with E-state index in [0.29, 0.717) is 25.8 Å². The molecule has 0 spiro atoms. The number of phenols is 1. The number of phenolic OH excluding ortho intramolecular Hbond substituents is 1. The number of amides is 2. The molecule has 0 saturated heterocycles. The Morgan fingerprint density at radius 1 is 0.818 bits per heavy atom. The Kier molecular flexibility index (Phi) is 10.3. The maximum absolute atomic E-state index is 12.9. The summed E-state index contributed by atoms with van der Waals surface area (Å²) in [5.74, 6) is -2.16. The van der Waals surface area contributed by atoms with Gasteiger partial charge in [0.05, 0.1) is 6.04 Å². The fraction of sp³-hybridized carbons (Fsp3) is 0.375. The van der Waals surface area contributed by atoms with Crippen molar-refractivity contribution in [2.45, 2.75) is 50.2 Å². The standard InChI is InChI=1S/C24H32N4O5/c25-13-5-4-8-20(27-22(30)19(26)14-17-9-11-18(29)12-10-17)23(31)28-21(24(32)33)15-16-6-2-1-3-7-16/h1-3,6-7,9-12,19-21,29H,4-5,8,13-15,25-26H2,(H,27,30)(H,28,31)(H,32,33). The molecule has 3 atom stereocenters. The van der Waals surface area contributed by atoms with Gasteiger partial charge in [-0.3, -0.25) is 9.59 Å². The first-order chi connectivity index (χ1) is 15.8. The largest absolute Gasteiger partial charge is 0.508 e. The normalized spacial score (nSPS) is 13.5. The molecule has 0 heterocycles. The number of carbonyl (C=O) groups excluding carboxylic acids is 2. The van der Waals surface area contributed by atoms with Crippen LogP contribution in [0.15, 0.2) is 54.6 Å². The van der Waals surface area contributed by atoms with Gasteiger partial charge in [0, 0.05) is 6.42 Å². The molecule has 9 nitrogen and oxygen atoms in total. The van der Waals surface area contributed by atoms with E-state index < -0.39 is 35.9 Å². The molecule has 0 fully saturated rings. The average molecular weight is 457 g/mol. The highest BCUT2D eigenvalue weighted by Gasteiger charge is 2.28. The first kappa shape index (κ1) is 25.8. The molecule has 9 heteroatoms. The molecule has 2 aromatic carbocycles. The number of aliphatic carboxylic acids is 1. The van der Waals surface area contributed by atoms with E-state index in [2.05, 4.69) is 10.6 Å². The molecule has 3 unspecified atom stereocenters. The number of benzene rings is 2. The Morgan fingerprint density at radius 3 is 2.03 bits per heavy atom. The quantitative estimate of drug-likeness (QED) is 0.241. The van der Waals surface area contributed by atoms with E-state index in [0.717, 1.165) is 11.1 Å². The lowest BCUT2D eigenvalue weighted by Crippen LogP contribution is -2.55. The highest BCUT2D eigenvalue weighted by atomic mass is 16.4. The third-order valence-electron chi connectivity index (χ3n) is 5.21. The first-order valence-corrected chi connectivity index (χ1v) is 10.9. The van der Waals surface area contributed by atoms with Gasteiger partial charge in [0.2, 0.25) is 11.8 Å². The molecule has 0 aliphatic carbocycles. The molecule has 178 valence electrons. The summed E-state index contributed by atoms with van der Waals surface area (Å²) in [6.45, 7) is 0.439. The number of carboxylic acid groups (broad SMARTS) is 1. The molecular formula is C24H32N4O5. The van der Waals surface area contributed by atoms with Crippen molar-refractivity contribution in [1.82, 2.24) is 10.6 Å². The van der Waals surface area contributed by atoms with Gasteiger partial charge in [0.1, 0.15) is 17.8 Å². The average Bonchev–Trinajstić information content (AvgIpc) is 2.80. The van der Waals surface area contributed by atoms with Crippen molar-refractivity contribution in [2.24, 2.45) is 11.5 Å². The van der Waals surface area contributed by atoms with Crippen LogP contribution in [-0.2, 0) is 27.2 Å². The topological polar surface area (TPSA) is 168 Å². The van der Waals surface area contributed by atoms with Gasteiger partial charge in [0.25, 0.3) is 0 Å². The zero-order valence-electron chi connectivity index (χ0n) is 18.4. The maximum atomic E-state index is 12.9. The van der Waals surface area contributed by atoms with E-state index in [1.165, 1.54) is 12.1 Å². The Morgan fingerprint density at radius 2 is 1.42 bits per heavy atom. The minimum atomic E-state index is -1.16. The van der Waals surface area contributed by atoms with E-state index in [1.807, 2.05) is 6.07 Å². The SMILES string of the molecule is NCCCCC(NC(=O)C(N)Cc1ccc(O)cc1)C(=O)NC(Cc1ccccc1)C(=O)O. The second-order valence-electron chi connectivity index (χ2n) is 7.91. The van der Waals surface area contributed by atoms with Gasteiger partial charge in [-0.15, -0.1) is 0 Å². The Bertz CT molecular complexity index is 905. The van der Waals surface area contributed by atoms with Gasteiger partial charge in [-0.2, -0.15) is 0 Å². The summed E-state index contributed by atoms with van der Waals surface area (Å²) in [6.07, 6.45) is 1.88. The van der Waals surface area contributed by atoms with Crippen molar-refractivity contribution in [3.05, 3.63) is 65.7 Å². The highest BCUT2D eigenvalue weighted by Crippen LogP contribution is 2.11. The van der Waals surface area contributed by atoms with Gasteiger partial charge in [0.15, 0.2) is 0 Å². The van der Waals surface area contributed by atoms with Crippen LogP contribution in [0.2, 0.25) is 0 Å². The number of unbranched alkanes of at least 4 members (excludes halogenated alkanes) is 1. The summed E-state index contributed by atoms with van der Waals surface area (Å²) in [6, 6.07) is 12.3. The molecule has 0 aliphatic rings. The molecular weight excluding hydrogens is 424 g/mol. The summed E-state index contributed by atoms with van der Waals surface area (Å²) in [5.41, 5.74) is 13.1. The molecule has 0 radical (unpaired) electrons. The van der Waals surface area contributed by atoms with Crippen molar-refractivity contribution in [3.8, 4) is 5.75 Å². The van der Waals surface area contributed by atoms with E-state index >= 15 is 0 Å². The molecule has 2 amide bonds. The summed E-state index contributed by atoms with van der Waals surface area (Å²) < 4.78 is 0. The van der Waals surface area contributed by atoms with Crippen molar-refractivity contribution >= 4 is 17.8 Å². The summed E-state index contributed by atoms with van der Waals surface area (Å²) >= 11 is 0. The summed E-state index contributed by atoms with van der Waals surface area (Å²) in [4.78, 5) is 37.3. The molecule has 0 saturated carbocycles. The zero-order valence-corrected chi connectivity index (χ0v) is 18.4. The predicted octanol–water partition coefficient (Wildman–Crippen LogP) is 0.688. The van der Waals surface area contributed by atoms with E-state index in [9.17, 15) is 24.6 Å². The number of carbonyl (C=O) groups is 3. The van der Waals surface area contributed by atoms with Crippen LogP contribution < -0.4 is 22.1 Å². The fourth-order valence-corrected chi connectivity index (χ4v) is 3.34. The second-order valence-corrected chi connectivity index (χ2v) is 7.91. The van der Waals surface area contributed by atoms with Crippen LogP contribution in [0.1, 0.15) is 30.4 Å². The number of aromatic hydroxyl groups is 1. The molecule has 2 rings (SSSR count). The number of rotatable bonds is 13. The minimum Gasteiger partial charge on any atom is -0.508 e. The molecule has 0 aromatic heterocycles. The van der Waals surface area contributed by atoms with Crippen LogP contribution >= 0.6 is 0 Å².